The van der Waals surface area contributed by atoms with E-state index in [4.69, 9.17) is 16.5 Å². The number of aromatic nitrogens is 1. The second kappa shape index (κ2) is 8.93. The van der Waals surface area contributed by atoms with Gasteiger partial charge in [0.2, 0.25) is 0 Å². The minimum Gasteiger partial charge on any atom is -0.373 e. The van der Waals surface area contributed by atoms with Crippen LogP contribution in [0, 0.1) is 13.8 Å². The molecule has 0 aliphatic heterocycles. The molecule has 0 spiro atoms. The average Bonchev–Trinajstić information content (AvgIpc) is 2.68. The minimum absolute atomic E-state index is 0.0401. The zero-order valence-corrected chi connectivity index (χ0v) is 17.8. The average molecular weight is 396 g/mol. The van der Waals surface area contributed by atoms with E-state index in [1.165, 1.54) is 16.2 Å². The van der Waals surface area contributed by atoms with E-state index in [9.17, 15) is 0 Å². The van der Waals surface area contributed by atoms with Crippen LogP contribution in [-0.2, 0) is 16.5 Å². The first-order valence-electron chi connectivity index (χ1n) is 9.30. The molecule has 140 valence electrons. The van der Waals surface area contributed by atoms with Gasteiger partial charge in [0.25, 0.3) is 0 Å². The first-order valence-corrected chi connectivity index (χ1v) is 12.3. The number of hydrogen-bond acceptors (Lipinski definition) is 3. The van der Waals surface area contributed by atoms with Crippen LogP contribution in [0.15, 0.2) is 72.8 Å². The molecule has 0 amide bonds. The first kappa shape index (κ1) is 19.9. The summed E-state index contributed by atoms with van der Waals surface area (Å²) in [6.45, 7) is 6.76. The van der Waals surface area contributed by atoms with E-state index in [0.717, 1.165) is 17.5 Å². The summed E-state index contributed by atoms with van der Waals surface area (Å²) in [5, 5.41) is 2.47. The maximum Gasteiger partial charge on any atom is 0.0878 e. The SMILES string of the molecule is CCOC(CP(=S)(c1ccccc1)c1ccccc1)c1cc(C)nc(C)c1. The molecular formula is C23H26NOPS. The molecule has 1 atom stereocenters. The molecule has 2 nitrogen and oxygen atoms in total. The van der Waals surface area contributed by atoms with Gasteiger partial charge < -0.3 is 4.74 Å². The van der Waals surface area contributed by atoms with Crippen LogP contribution in [0.2, 0.25) is 0 Å². The Morgan fingerprint density at radius 3 is 1.81 bits per heavy atom. The Morgan fingerprint density at radius 2 is 1.37 bits per heavy atom. The highest BCUT2D eigenvalue weighted by molar-refractivity contribution is 8.21. The van der Waals surface area contributed by atoms with Gasteiger partial charge >= 0.3 is 0 Å². The summed E-state index contributed by atoms with van der Waals surface area (Å²) in [5.41, 5.74) is 3.20. The lowest BCUT2D eigenvalue weighted by Crippen LogP contribution is -2.23. The van der Waals surface area contributed by atoms with Crippen LogP contribution in [-0.4, -0.2) is 17.8 Å². The quantitative estimate of drug-likeness (QED) is 0.531. The van der Waals surface area contributed by atoms with E-state index in [1.807, 2.05) is 32.9 Å². The number of aryl methyl sites for hydroxylation is 2. The molecule has 0 saturated heterocycles. The number of rotatable bonds is 7. The molecule has 0 N–H and O–H groups in total. The summed E-state index contributed by atoms with van der Waals surface area (Å²) in [6, 6.07) is 23.3. The highest BCUT2D eigenvalue weighted by Crippen LogP contribution is 2.47. The largest absolute Gasteiger partial charge is 0.373 e. The van der Waals surface area contributed by atoms with Crippen molar-refractivity contribution in [2.45, 2.75) is 26.9 Å². The van der Waals surface area contributed by atoms with Crippen LogP contribution in [0.25, 0.3) is 0 Å². The molecule has 0 aliphatic carbocycles. The molecule has 27 heavy (non-hydrogen) atoms. The van der Waals surface area contributed by atoms with Crippen LogP contribution in [0.4, 0.5) is 0 Å². The summed E-state index contributed by atoms with van der Waals surface area (Å²) in [7, 11) is 0. The lowest BCUT2D eigenvalue weighted by molar-refractivity contribution is 0.0791. The smallest absolute Gasteiger partial charge is 0.0878 e. The highest BCUT2D eigenvalue weighted by Gasteiger charge is 2.28. The van der Waals surface area contributed by atoms with Gasteiger partial charge in [0.05, 0.1) is 6.10 Å². The van der Waals surface area contributed by atoms with Crippen molar-refractivity contribution < 1.29 is 4.74 Å². The molecule has 1 aromatic heterocycles. The zero-order valence-electron chi connectivity index (χ0n) is 16.1. The highest BCUT2D eigenvalue weighted by atomic mass is 32.4. The zero-order chi connectivity index (χ0) is 19.3. The fraction of sp³-hybridized carbons (Fsp3) is 0.261. The molecule has 0 fully saturated rings. The Bertz CT molecular complexity index is 864. The number of pyridine rings is 1. The van der Waals surface area contributed by atoms with Gasteiger partial charge in [0, 0.05) is 30.2 Å². The van der Waals surface area contributed by atoms with Crippen LogP contribution in [0.1, 0.15) is 30.0 Å². The third-order valence-electron chi connectivity index (χ3n) is 4.61. The predicted octanol–water partition coefficient (Wildman–Crippen LogP) is 4.91. The summed E-state index contributed by atoms with van der Waals surface area (Å²) >= 11 is 6.41. The molecule has 3 aromatic rings. The Labute approximate surface area is 167 Å². The first-order chi connectivity index (χ1) is 13.0. The van der Waals surface area contributed by atoms with Crippen molar-refractivity contribution >= 4 is 28.5 Å². The monoisotopic (exact) mass is 395 g/mol. The molecular weight excluding hydrogens is 369 g/mol. The van der Waals surface area contributed by atoms with E-state index in [0.29, 0.717) is 6.61 Å². The molecule has 0 bridgehead atoms. The van der Waals surface area contributed by atoms with Crippen molar-refractivity contribution in [2.75, 3.05) is 12.8 Å². The summed E-state index contributed by atoms with van der Waals surface area (Å²) in [6.07, 6.45) is 0.759. The van der Waals surface area contributed by atoms with Gasteiger partial charge in [0.15, 0.2) is 0 Å². The number of benzene rings is 2. The van der Waals surface area contributed by atoms with E-state index in [2.05, 4.69) is 65.6 Å². The normalized spacial score (nSPS) is 12.7. The second-order valence-electron chi connectivity index (χ2n) is 6.72. The fourth-order valence-electron chi connectivity index (χ4n) is 3.44. The lowest BCUT2D eigenvalue weighted by Gasteiger charge is -2.29. The van der Waals surface area contributed by atoms with Gasteiger partial charge in [-0.2, -0.15) is 0 Å². The van der Waals surface area contributed by atoms with E-state index in [-0.39, 0.29) is 6.10 Å². The molecule has 4 heteroatoms. The van der Waals surface area contributed by atoms with Gasteiger partial charge in [0.1, 0.15) is 0 Å². The maximum atomic E-state index is 6.41. The van der Waals surface area contributed by atoms with Gasteiger partial charge in [-0.05, 0) is 49.1 Å². The Morgan fingerprint density at radius 1 is 0.889 bits per heavy atom. The summed E-state index contributed by atoms with van der Waals surface area (Å²) in [4.78, 5) is 4.52. The molecule has 0 aliphatic rings. The van der Waals surface area contributed by atoms with Crippen molar-refractivity contribution in [3.63, 3.8) is 0 Å². The van der Waals surface area contributed by atoms with Crippen LogP contribution >= 0.6 is 6.04 Å². The third kappa shape index (κ3) is 4.73. The molecule has 1 unspecified atom stereocenters. The predicted molar refractivity (Wildman–Crippen MR) is 119 cm³/mol. The number of ether oxygens (including phenoxy) is 1. The van der Waals surface area contributed by atoms with Gasteiger partial charge in [-0.15, -0.1) is 0 Å². The van der Waals surface area contributed by atoms with E-state index in [1.54, 1.807) is 0 Å². The van der Waals surface area contributed by atoms with Crippen LogP contribution < -0.4 is 10.6 Å². The van der Waals surface area contributed by atoms with Crippen molar-refractivity contribution in [1.82, 2.24) is 4.98 Å². The summed E-state index contributed by atoms with van der Waals surface area (Å²) < 4.78 is 6.21. The van der Waals surface area contributed by atoms with Crippen molar-refractivity contribution in [1.29, 1.82) is 0 Å². The van der Waals surface area contributed by atoms with Gasteiger partial charge in [-0.3, -0.25) is 4.98 Å². The third-order valence-corrected chi connectivity index (χ3v) is 9.44. The van der Waals surface area contributed by atoms with Crippen molar-refractivity contribution in [2.24, 2.45) is 0 Å². The van der Waals surface area contributed by atoms with Gasteiger partial charge in [-0.1, -0.05) is 72.5 Å². The van der Waals surface area contributed by atoms with Crippen LogP contribution in [0.5, 0.6) is 0 Å². The summed E-state index contributed by atoms with van der Waals surface area (Å²) in [5.74, 6) is 0. The Balaban J connectivity index is 2.07. The van der Waals surface area contributed by atoms with Crippen LogP contribution in [0.3, 0.4) is 0 Å². The topological polar surface area (TPSA) is 22.1 Å². The number of hydrogen-bond donors (Lipinski definition) is 0. The molecule has 0 saturated carbocycles. The molecule has 0 radical (unpaired) electrons. The van der Waals surface area contributed by atoms with E-state index < -0.39 is 6.04 Å². The fourth-order valence-corrected chi connectivity index (χ4v) is 7.39. The standard InChI is InChI=1S/C23H26NOPS/c1-4-25-23(20-15-18(2)24-19(3)16-20)17-26(27,21-11-7-5-8-12-21)22-13-9-6-10-14-22/h5-16,23H,4,17H2,1-3H3. The maximum absolute atomic E-state index is 6.41. The lowest BCUT2D eigenvalue weighted by atomic mass is 10.1. The van der Waals surface area contributed by atoms with Crippen molar-refractivity contribution in [3.05, 3.63) is 89.7 Å². The van der Waals surface area contributed by atoms with E-state index >= 15 is 0 Å². The minimum atomic E-state index is -2.02. The number of nitrogens with zero attached hydrogens (tertiary/aromatic N) is 1. The van der Waals surface area contributed by atoms with Crippen molar-refractivity contribution in [3.8, 4) is 0 Å². The molecule has 1 heterocycles. The molecule has 3 rings (SSSR count). The molecule has 2 aromatic carbocycles. The Hall–Kier alpha value is -1.80. The van der Waals surface area contributed by atoms with Gasteiger partial charge in [-0.25, -0.2) is 0 Å². The second-order valence-corrected chi connectivity index (χ2v) is 11.5. The Kier molecular flexibility index (Phi) is 6.59.